The van der Waals surface area contributed by atoms with Gasteiger partial charge in [-0.05, 0) is 65.8 Å². The quantitative estimate of drug-likeness (QED) is 0.259. The molecule has 0 saturated carbocycles. The van der Waals surface area contributed by atoms with Gasteiger partial charge in [0.15, 0.2) is 9.84 Å². The van der Waals surface area contributed by atoms with Gasteiger partial charge in [0, 0.05) is 5.56 Å². The van der Waals surface area contributed by atoms with Gasteiger partial charge in [-0.25, -0.2) is 18.0 Å². The van der Waals surface area contributed by atoms with E-state index in [0.29, 0.717) is 0 Å². The lowest BCUT2D eigenvalue weighted by molar-refractivity contribution is 0.0508. The lowest BCUT2D eigenvalue weighted by atomic mass is 10.1. The Morgan fingerprint density at radius 1 is 0.833 bits per heavy atom. The highest BCUT2D eigenvalue weighted by molar-refractivity contribution is 8.25. The second kappa shape index (κ2) is 13.0. The largest absolute Gasteiger partial charge is 0.491 e. The number of fused-ring (bicyclic) bond motifs is 1. The summed E-state index contributed by atoms with van der Waals surface area (Å²) in [6, 6.07) is 10.7. The molecule has 2 amide bonds. The molecule has 0 spiro atoms. The molecule has 14 heteroatoms. The van der Waals surface area contributed by atoms with Gasteiger partial charge in [0.05, 0.1) is 23.7 Å². The van der Waals surface area contributed by atoms with Crippen molar-refractivity contribution in [2.75, 3.05) is 32.1 Å². The van der Waals surface area contributed by atoms with Crippen LogP contribution < -0.4 is 20.1 Å². The number of rotatable bonds is 10. The molecule has 2 aromatic carbocycles. The second-order valence-electron chi connectivity index (χ2n) is 11.5. The fourth-order valence-corrected chi connectivity index (χ4v) is 8.67. The normalized spacial score (nSPS) is 17.0. The Bertz CT molecular complexity index is 1370. The van der Waals surface area contributed by atoms with Gasteiger partial charge in [0.25, 0.3) is 0 Å². The Labute approximate surface area is 248 Å². The lowest BCUT2D eigenvalue weighted by Crippen LogP contribution is -2.34. The Morgan fingerprint density at radius 2 is 1.31 bits per heavy atom. The minimum Gasteiger partial charge on any atom is -0.491 e. The number of benzene rings is 2. The van der Waals surface area contributed by atoms with Crippen LogP contribution in [0, 0.1) is 0 Å². The Kier molecular flexibility index (Phi) is 10.3. The van der Waals surface area contributed by atoms with E-state index >= 15 is 0 Å². The molecular formula is C28H40N2O10S2. The maximum absolute atomic E-state index is 13.7. The molecule has 42 heavy (non-hydrogen) atoms. The van der Waals surface area contributed by atoms with Gasteiger partial charge >= 0.3 is 12.2 Å². The number of amides is 2. The van der Waals surface area contributed by atoms with E-state index in [-0.39, 0.29) is 53.2 Å². The first kappa shape index (κ1) is 33.3. The molecule has 0 radical (unpaired) electrons. The Balaban J connectivity index is 1.87. The lowest BCUT2D eigenvalue weighted by Gasteiger charge is -2.29. The van der Waals surface area contributed by atoms with Crippen LogP contribution in [-0.2, 0) is 19.3 Å². The van der Waals surface area contributed by atoms with Crippen molar-refractivity contribution in [2.45, 2.75) is 67.8 Å². The fourth-order valence-electron chi connectivity index (χ4n) is 4.10. The number of ether oxygens (including phenoxy) is 4. The van der Waals surface area contributed by atoms with Crippen molar-refractivity contribution in [3.05, 3.63) is 48.0 Å². The zero-order chi connectivity index (χ0) is 31.3. The third-order valence-electron chi connectivity index (χ3n) is 5.65. The number of nitrogens with one attached hydrogen (secondary N) is 2. The van der Waals surface area contributed by atoms with E-state index in [9.17, 15) is 27.1 Å². The van der Waals surface area contributed by atoms with Crippen LogP contribution in [-0.4, -0.2) is 73.0 Å². The number of carbonyl (C=O) groups is 2. The first-order valence-electron chi connectivity index (χ1n) is 13.3. The van der Waals surface area contributed by atoms with Crippen LogP contribution in [0.5, 0.6) is 11.5 Å². The molecule has 0 aromatic heterocycles. The maximum atomic E-state index is 13.7. The SMILES string of the molecule is CC(C)(C)OC(=O)NCCOc1ccc(OCCNC(=O)OC(C)(C)C)c2c1C(S(=O)(=O)c1ccccc1)CS2(O)O. The number of hydrogen-bond donors (Lipinski definition) is 4. The average molecular weight is 629 g/mol. The monoisotopic (exact) mass is 628 g/mol. The van der Waals surface area contributed by atoms with Gasteiger partial charge in [0.1, 0.15) is 46.1 Å². The third-order valence-corrected chi connectivity index (χ3v) is 9.82. The van der Waals surface area contributed by atoms with Crippen molar-refractivity contribution in [3.8, 4) is 11.5 Å². The predicted molar refractivity (Wildman–Crippen MR) is 158 cm³/mol. The molecule has 234 valence electrons. The summed E-state index contributed by atoms with van der Waals surface area (Å²) in [5.41, 5.74) is -1.29. The highest BCUT2D eigenvalue weighted by Crippen LogP contribution is 2.66. The zero-order valence-electron chi connectivity index (χ0n) is 24.6. The summed E-state index contributed by atoms with van der Waals surface area (Å²) in [7, 11) is -7.71. The first-order valence-corrected chi connectivity index (χ1v) is 16.6. The molecule has 0 aliphatic carbocycles. The van der Waals surface area contributed by atoms with Crippen LogP contribution in [0.25, 0.3) is 0 Å². The van der Waals surface area contributed by atoms with Gasteiger partial charge in [-0.1, -0.05) is 18.2 Å². The van der Waals surface area contributed by atoms with Crippen molar-refractivity contribution in [1.29, 1.82) is 0 Å². The molecular weight excluding hydrogens is 588 g/mol. The Morgan fingerprint density at radius 3 is 1.81 bits per heavy atom. The third kappa shape index (κ3) is 8.90. The topological polar surface area (TPSA) is 170 Å². The van der Waals surface area contributed by atoms with Crippen molar-refractivity contribution < 1.29 is 46.1 Å². The second-order valence-corrected chi connectivity index (χ2v) is 15.7. The smallest absolute Gasteiger partial charge is 0.407 e. The van der Waals surface area contributed by atoms with Crippen molar-refractivity contribution in [1.82, 2.24) is 10.6 Å². The van der Waals surface area contributed by atoms with E-state index in [1.807, 2.05) is 0 Å². The van der Waals surface area contributed by atoms with Gasteiger partial charge in [0.2, 0.25) is 0 Å². The molecule has 4 N–H and O–H groups in total. The molecule has 2 aromatic rings. The van der Waals surface area contributed by atoms with E-state index in [1.165, 1.54) is 24.3 Å². The molecule has 1 aliphatic rings. The highest BCUT2D eigenvalue weighted by atomic mass is 32.3. The summed E-state index contributed by atoms with van der Waals surface area (Å²) in [6.07, 6.45) is -1.28. The van der Waals surface area contributed by atoms with E-state index < -0.39 is 54.8 Å². The number of alkyl carbamates (subject to hydrolysis) is 2. The molecule has 12 nitrogen and oxygen atoms in total. The van der Waals surface area contributed by atoms with Crippen LogP contribution in [0.15, 0.2) is 52.3 Å². The van der Waals surface area contributed by atoms with Crippen LogP contribution in [0.3, 0.4) is 0 Å². The van der Waals surface area contributed by atoms with Gasteiger partial charge in [-0.3, -0.25) is 9.11 Å². The Hall–Kier alpha value is -3.20. The highest BCUT2D eigenvalue weighted by Gasteiger charge is 2.47. The predicted octanol–water partition coefficient (Wildman–Crippen LogP) is 5.13. The minimum atomic E-state index is -4.08. The summed E-state index contributed by atoms with van der Waals surface area (Å²) >= 11 is 0. The molecule has 1 unspecified atom stereocenters. The summed E-state index contributed by atoms with van der Waals surface area (Å²) in [5, 5.41) is 3.78. The minimum absolute atomic E-state index is 0.0171. The first-order chi connectivity index (χ1) is 19.4. The van der Waals surface area contributed by atoms with Crippen LogP contribution in [0.2, 0.25) is 0 Å². The molecule has 0 saturated heterocycles. The van der Waals surface area contributed by atoms with E-state index in [2.05, 4.69) is 10.6 Å². The van der Waals surface area contributed by atoms with Crippen LogP contribution in [0.4, 0.5) is 9.59 Å². The zero-order valence-corrected chi connectivity index (χ0v) is 26.3. The fraction of sp³-hybridized carbons (Fsp3) is 0.500. The number of carbonyl (C=O) groups excluding carboxylic acids is 2. The molecule has 0 bridgehead atoms. The van der Waals surface area contributed by atoms with Crippen LogP contribution >= 0.6 is 10.6 Å². The van der Waals surface area contributed by atoms with E-state index in [0.717, 1.165) is 0 Å². The summed E-state index contributed by atoms with van der Waals surface area (Å²) in [6.45, 7) is 10.4. The summed E-state index contributed by atoms with van der Waals surface area (Å²) in [4.78, 5) is 23.9. The van der Waals surface area contributed by atoms with Gasteiger partial charge < -0.3 is 29.6 Å². The van der Waals surface area contributed by atoms with E-state index in [1.54, 1.807) is 59.7 Å². The van der Waals surface area contributed by atoms with Crippen LogP contribution in [0.1, 0.15) is 52.4 Å². The number of sulfone groups is 1. The average Bonchev–Trinajstić information content (AvgIpc) is 3.16. The molecule has 1 atom stereocenters. The van der Waals surface area contributed by atoms with Crippen molar-refractivity contribution in [2.24, 2.45) is 0 Å². The van der Waals surface area contributed by atoms with Crippen molar-refractivity contribution >= 4 is 32.6 Å². The van der Waals surface area contributed by atoms with Gasteiger partial charge in [-0.2, -0.15) is 10.6 Å². The van der Waals surface area contributed by atoms with Crippen molar-refractivity contribution in [3.63, 3.8) is 0 Å². The number of hydrogen-bond acceptors (Lipinski definition) is 10. The maximum Gasteiger partial charge on any atom is 0.407 e. The summed E-state index contributed by atoms with van der Waals surface area (Å²) in [5.74, 6) is -0.319. The van der Waals surface area contributed by atoms with Gasteiger partial charge in [-0.15, -0.1) is 0 Å². The molecule has 0 fully saturated rings. The molecule has 3 rings (SSSR count). The summed E-state index contributed by atoms with van der Waals surface area (Å²) < 4.78 is 71.7. The molecule has 1 aliphatic heterocycles. The standard InChI is InChI=1S/C28H40N2O10S2/c1-27(2,3)39-25(31)29-14-16-37-20-12-13-21(38-17-15-30-26(32)40-28(4,5)6)24-23(20)22(18-41(24,33)34)42(35,36)19-10-8-7-9-11-19/h7-13,22,33-34H,14-18H2,1-6H3,(H,29,31)(H,30,32). The molecule has 1 heterocycles. The van der Waals surface area contributed by atoms with E-state index in [4.69, 9.17) is 18.9 Å².